The van der Waals surface area contributed by atoms with E-state index in [1.807, 2.05) is 4.90 Å². The molecule has 0 radical (unpaired) electrons. The van der Waals surface area contributed by atoms with E-state index in [2.05, 4.69) is 15.5 Å². The fourth-order valence-electron chi connectivity index (χ4n) is 3.49. The molecule has 2 aliphatic rings. The average molecular weight is 336 g/mol. The summed E-state index contributed by atoms with van der Waals surface area (Å²) in [6.07, 6.45) is 5.29. The molecule has 0 unspecified atom stereocenters. The Morgan fingerprint density at radius 1 is 1.42 bits per heavy atom. The molecular weight excluding hydrogens is 312 g/mol. The molecule has 1 N–H and O–H groups in total. The first-order valence-corrected chi connectivity index (χ1v) is 8.55. The zero-order chi connectivity index (χ0) is 16.9. The summed E-state index contributed by atoms with van der Waals surface area (Å²) in [5.74, 6) is 0.762. The SMILES string of the molecule is COCc1noc(CCNC(=O)[C@@H]2CC(=O)N(C3CCCC3)C2)n1. The average Bonchev–Trinajstić information content (AvgIpc) is 3.28. The predicted molar refractivity (Wildman–Crippen MR) is 83.8 cm³/mol. The molecule has 2 amide bonds. The van der Waals surface area contributed by atoms with Crippen LogP contribution in [0.1, 0.15) is 43.8 Å². The number of likely N-dealkylation sites (tertiary alicyclic amines) is 1. The molecule has 2 heterocycles. The number of hydrogen-bond donors (Lipinski definition) is 1. The Hall–Kier alpha value is -1.96. The summed E-state index contributed by atoms with van der Waals surface area (Å²) in [5, 5.41) is 6.64. The Kier molecular flexibility index (Phi) is 5.44. The molecule has 0 aromatic carbocycles. The molecule has 24 heavy (non-hydrogen) atoms. The van der Waals surface area contributed by atoms with Gasteiger partial charge in [0.05, 0.1) is 5.92 Å². The van der Waals surface area contributed by atoms with E-state index in [0.29, 0.717) is 50.3 Å². The molecule has 8 heteroatoms. The Labute approximate surface area is 140 Å². The zero-order valence-corrected chi connectivity index (χ0v) is 14.0. The first-order chi connectivity index (χ1) is 11.7. The van der Waals surface area contributed by atoms with Crippen LogP contribution in [-0.2, 0) is 27.4 Å². The lowest BCUT2D eigenvalue weighted by Crippen LogP contribution is -2.37. The number of aromatic nitrogens is 2. The summed E-state index contributed by atoms with van der Waals surface area (Å²) in [5.41, 5.74) is 0. The molecule has 8 nitrogen and oxygen atoms in total. The fourth-order valence-corrected chi connectivity index (χ4v) is 3.49. The van der Waals surface area contributed by atoms with Gasteiger partial charge in [-0.15, -0.1) is 0 Å². The fraction of sp³-hybridized carbons (Fsp3) is 0.750. The van der Waals surface area contributed by atoms with Gasteiger partial charge in [-0.25, -0.2) is 0 Å². The van der Waals surface area contributed by atoms with Gasteiger partial charge < -0.3 is 19.5 Å². The van der Waals surface area contributed by atoms with E-state index < -0.39 is 0 Å². The van der Waals surface area contributed by atoms with Crippen molar-refractivity contribution in [1.82, 2.24) is 20.4 Å². The third kappa shape index (κ3) is 3.92. The minimum Gasteiger partial charge on any atom is -0.377 e. The van der Waals surface area contributed by atoms with Gasteiger partial charge in [0, 0.05) is 39.1 Å². The Morgan fingerprint density at radius 3 is 2.96 bits per heavy atom. The number of carbonyl (C=O) groups excluding carboxylic acids is 2. The largest absolute Gasteiger partial charge is 0.377 e. The quantitative estimate of drug-likeness (QED) is 0.786. The molecule has 2 fully saturated rings. The third-order valence-corrected chi connectivity index (χ3v) is 4.72. The van der Waals surface area contributed by atoms with Crippen LogP contribution in [0.5, 0.6) is 0 Å². The van der Waals surface area contributed by atoms with Crippen LogP contribution >= 0.6 is 0 Å². The number of amides is 2. The van der Waals surface area contributed by atoms with Gasteiger partial charge in [-0.3, -0.25) is 9.59 Å². The molecule has 1 saturated heterocycles. The number of hydrogen-bond acceptors (Lipinski definition) is 6. The second-order valence-electron chi connectivity index (χ2n) is 6.46. The molecule has 1 aromatic rings. The highest BCUT2D eigenvalue weighted by Crippen LogP contribution is 2.29. The summed E-state index contributed by atoms with van der Waals surface area (Å²) in [7, 11) is 1.56. The normalized spacial score (nSPS) is 21.6. The second kappa shape index (κ2) is 7.74. The van der Waals surface area contributed by atoms with E-state index in [-0.39, 0.29) is 17.7 Å². The van der Waals surface area contributed by atoms with Crippen LogP contribution in [0, 0.1) is 5.92 Å². The maximum absolute atomic E-state index is 12.3. The van der Waals surface area contributed by atoms with E-state index in [0.717, 1.165) is 12.8 Å². The number of ether oxygens (including phenoxy) is 1. The highest BCUT2D eigenvalue weighted by molar-refractivity contribution is 5.89. The first-order valence-electron chi connectivity index (χ1n) is 8.55. The molecule has 1 saturated carbocycles. The van der Waals surface area contributed by atoms with Crippen molar-refractivity contribution >= 4 is 11.8 Å². The van der Waals surface area contributed by atoms with Gasteiger partial charge in [0.25, 0.3) is 0 Å². The molecule has 1 atom stereocenters. The monoisotopic (exact) mass is 336 g/mol. The molecular formula is C16H24N4O4. The minimum absolute atomic E-state index is 0.0690. The lowest BCUT2D eigenvalue weighted by molar-refractivity contribution is -0.130. The van der Waals surface area contributed by atoms with Gasteiger partial charge in [0.15, 0.2) is 5.82 Å². The summed E-state index contributed by atoms with van der Waals surface area (Å²) < 4.78 is 9.99. The van der Waals surface area contributed by atoms with Crippen LogP contribution in [0.25, 0.3) is 0 Å². The topological polar surface area (TPSA) is 97.6 Å². The molecule has 3 rings (SSSR count). The van der Waals surface area contributed by atoms with Gasteiger partial charge in [-0.2, -0.15) is 4.98 Å². The van der Waals surface area contributed by atoms with E-state index in [1.54, 1.807) is 7.11 Å². The molecule has 1 aromatic heterocycles. The van der Waals surface area contributed by atoms with Gasteiger partial charge in [0.2, 0.25) is 17.7 Å². The summed E-state index contributed by atoms with van der Waals surface area (Å²) in [6, 6.07) is 0.341. The van der Waals surface area contributed by atoms with Crippen LogP contribution in [0.2, 0.25) is 0 Å². The molecule has 0 bridgehead atoms. The highest BCUT2D eigenvalue weighted by atomic mass is 16.5. The van der Waals surface area contributed by atoms with E-state index in [9.17, 15) is 9.59 Å². The smallest absolute Gasteiger partial charge is 0.228 e. The zero-order valence-electron chi connectivity index (χ0n) is 14.0. The standard InChI is InChI=1S/C16H24N4O4/c1-23-10-13-18-14(24-19-13)6-7-17-16(22)11-8-15(21)20(9-11)12-4-2-3-5-12/h11-12H,2-10H2,1H3,(H,17,22)/t11-/m1/s1. The lowest BCUT2D eigenvalue weighted by Gasteiger charge is -2.23. The summed E-state index contributed by atoms with van der Waals surface area (Å²) in [4.78, 5) is 30.5. The lowest BCUT2D eigenvalue weighted by atomic mass is 10.1. The number of carbonyl (C=O) groups is 2. The van der Waals surface area contributed by atoms with Crippen molar-refractivity contribution in [3.8, 4) is 0 Å². The van der Waals surface area contributed by atoms with Crippen molar-refractivity contribution in [3.63, 3.8) is 0 Å². The number of methoxy groups -OCH3 is 1. The van der Waals surface area contributed by atoms with Crippen LogP contribution in [0.15, 0.2) is 4.52 Å². The molecule has 1 aliphatic carbocycles. The van der Waals surface area contributed by atoms with Gasteiger partial charge in [-0.05, 0) is 12.8 Å². The second-order valence-corrected chi connectivity index (χ2v) is 6.46. The number of rotatable bonds is 7. The van der Waals surface area contributed by atoms with Gasteiger partial charge in [0.1, 0.15) is 6.61 Å². The van der Waals surface area contributed by atoms with Crippen molar-refractivity contribution in [2.24, 2.45) is 5.92 Å². The van der Waals surface area contributed by atoms with Gasteiger partial charge >= 0.3 is 0 Å². The molecule has 132 valence electrons. The third-order valence-electron chi connectivity index (χ3n) is 4.72. The van der Waals surface area contributed by atoms with Crippen LogP contribution < -0.4 is 5.32 Å². The van der Waals surface area contributed by atoms with Crippen LogP contribution in [0.3, 0.4) is 0 Å². The maximum Gasteiger partial charge on any atom is 0.228 e. The first kappa shape index (κ1) is 16.9. The Bertz CT molecular complexity index is 582. The molecule has 0 spiro atoms. The van der Waals surface area contributed by atoms with Crippen molar-refractivity contribution in [2.75, 3.05) is 20.2 Å². The Balaban J connectivity index is 1.42. The highest BCUT2D eigenvalue weighted by Gasteiger charge is 2.38. The van der Waals surface area contributed by atoms with Crippen molar-refractivity contribution in [2.45, 2.75) is 51.2 Å². The predicted octanol–water partition coefficient (Wildman–Crippen LogP) is 0.666. The Morgan fingerprint density at radius 2 is 2.21 bits per heavy atom. The summed E-state index contributed by atoms with van der Waals surface area (Å²) in [6.45, 7) is 1.27. The number of nitrogens with zero attached hydrogens (tertiary/aromatic N) is 3. The van der Waals surface area contributed by atoms with Crippen molar-refractivity contribution in [1.29, 1.82) is 0 Å². The van der Waals surface area contributed by atoms with E-state index >= 15 is 0 Å². The maximum atomic E-state index is 12.3. The van der Waals surface area contributed by atoms with Gasteiger partial charge in [-0.1, -0.05) is 18.0 Å². The minimum atomic E-state index is -0.246. The number of nitrogens with one attached hydrogen (secondary N) is 1. The molecule has 1 aliphatic heterocycles. The van der Waals surface area contributed by atoms with E-state index in [1.165, 1.54) is 12.8 Å². The summed E-state index contributed by atoms with van der Waals surface area (Å²) >= 11 is 0. The van der Waals surface area contributed by atoms with Crippen molar-refractivity contribution < 1.29 is 18.8 Å². The van der Waals surface area contributed by atoms with E-state index in [4.69, 9.17) is 9.26 Å². The van der Waals surface area contributed by atoms with Crippen LogP contribution in [0.4, 0.5) is 0 Å². The van der Waals surface area contributed by atoms with Crippen LogP contribution in [-0.4, -0.2) is 53.1 Å². The van der Waals surface area contributed by atoms with Crippen molar-refractivity contribution in [3.05, 3.63) is 11.7 Å².